The number of hydrogen-bond donors (Lipinski definition) is 2. The lowest BCUT2D eigenvalue weighted by Crippen LogP contribution is -2.64. The summed E-state index contributed by atoms with van der Waals surface area (Å²) >= 11 is 0. The van der Waals surface area contributed by atoms with E-state index in [1.807, 2.05) is 0 Å². The number of carbonyl (C=O) groups excluding carboxylic acids is 3. The van der Waals surface area contributed by atoms with E-state index in [0.717, 1.165) is 10.0 Å². The average molecular weight is 556 g/mol. The summed E-state index contributed by atoms with van der Waals surface area (Å²) in [6.45, 7) is 4.80. The van der Waals surface area contributed by atoms with E-state index in [0.29, 0.717) is 16.7 Å². The van der Waals surface area contributed by atoms with Crippen LogP contribution < -0.4 is 0 Å². The minimum absolute atomic E-state index is 0.0429. The van der Waals surface area contributed by atoms with Crippen molar-refractivity contribution in [1.29, 1.82) is 0 Å². The van der Waals surface area contributed by atoms with Gasteiger partial charge in [-0.1, -0.05) is 92.7 Å². The zero-order chi connectivity index (χ0) is 29.7. The molecule has 1 heterocycles. The van der Waals surface area contributed by atoms with Crippen molar-refractivity contribution < 1.29 is 29.4 Å². The molecule has 0 saturated carbocycles. The van der Waals surface area contributed by atoms with Crippen molar-refractivity contribution in [1.82, 2.24) is 14.9 Å². The molecule has 3 amide bonds. The van der Waals surface area contributed by atoms with Crippen LogP contribution >= 0.6 is 0 Å². The van der Waals surface area contributed by atoms with Crippen LogP contribution in [0.5, 0.6) is 0 Å². The van der Waals surface area contributed by atoms with E-state index in [9.17, 15) is 29.4 Å². The molecule has 0 spiro atoms. The van der Waals surface area contributed by atoms with E-state index in [2.05, 4.69) is 0 Å². The summed E-state index contributed by atoms with van der Waals surface area (Å²) in [7, 11) is 0. The highest BCUT2D eigenvalue weighted by atomic mass is 16.4. The van der Waals surface area contributed by atoms with Gasteiger partial charge in [-0.3, -0.25) is 19.3 Å². The maximum absolute atomic E-state index is 14.5. The molecule has 41 heavy (non-hydrogen) atoms. The van der Waals surface area contributed by atoms with Crippen LogP contribution in [0, 0.1) is 5.92 Å². The van der Waals surface area contributed by atoms with Gasteiger partial charge in [0.15, 0.2) is 6.10 Å². The Labute approximate surface area is 238 Å². The first-order chi connectivity index (χ1) is 19.6. The quantitative estimate of drug-likeness (QED) is 0.415. The van der Waals surface area contributed by atoms with Gasteiger partial charge in [-0.05, 0) is 30.0 Å². The van der Waals surface area contributed by atoms with Crippen LogP contribution in [0.25, 0.3) is 5.70 Å². The van der Waals surface area contributed by atoms with Gasteiger partial charge in [0.05, 0.1) is 11.7 Å². The van der Waals surface area contributed by atoms with Crippen molar-refractivity contribution in [3.8, 4) is 0 Å². The second-order valence-corrected chi connectivity index (χ2v) is 10.2. The lowest BCUT2D eigenvalue weighted by atomic mass is 9.96. The predicted octanol–water partition coefficient (Wildman–Crippen LogP) is 3.81. The monoisotopic (exact) mass is 555 g/mol. The van der Waals surface area contributed by atoms with Crippen molar-refractivity contribution >= 4 is 29.4 Å². The number of carboxylic acid groups (broad SMARTS) is 1. The summed E-state index contributed by atoms with van der Waals surface area (Å²) in [4.78, 5) is 55.0. The fourth-order valence-corrected chi connectivity index (χ4v) is 5.05. The van der Waals surface area contributed by atoms with Crippen LogP contribution in [0.3, 0.4) is 0 Å². The van der Waals surface area contributed by atoms with Gasteiger partial charge in [0, 0.05) is 24.3 Å². The third kappa shape index (κ3) is 6.20. The second kappa shape index (κ2) is 12.6. The van der Waals surface area contributed by atoms with Crippen molar-refractivity contribution in [2.24, 2.45) is 5.92 Å². The first kappa shape index (κ1) is 29.2. The number of aliphatic carboxylic acids is 1. The third-order valence-electron chi connectivity index (χ3n) is 6.96. The molecular formula is C32H33N3O6. The number of aliphatic hydroxyl groups excluding tert-OH is 1. The molecule has 1 aliphatic heterocycles. The van der Waals surface area contributed by atoms with Crippen LogP contribution in [0.2, 0.25) is 0 Å². The number of carboxylic acids is 1. The molecule has 0 aliphatic carbocycles. The lowest BCUT2D eigenvalue weighted by molar-refractivity contribution is -0.173. The molecule has 2 N–H and O–H groups in total. The van der Waals surface area contributed by atoms with E-state index in [1.165, 1.54) is 18.0 Å². The Morgan fingerprint density at radius 1 is 0.878 bits per heavy atom. The smallest absolute Gasteiger partial charge is 0.334 e. The molecule has 3 aromatic rings. The molecule has 3 atom stereocenters. The summed E-state index contributed by atoms with van der Waals surface area (Å²) < 4.78 is 0. The molecular weight excluding hydrogens is 522 g/mol. The molecule has 1 unspecified atom stereocenters. The Balaban J connectivity index is 1.93. The summed E-state index contributed by atoms with van der Waals surface area (Å²) in [6, 6.07) is 23.8. The fourth-order valence-electron chi connectivity index (χ4n) is 5.05. The van der Waals surface area contributed by atoms with Crippen LogP contribution in [0.1, 0.15) is 42.3 Å². The van der Waals surface area contributed by atoms with Gasteiger partial charge in [0.25, 0.3) is 11.8 Å². The number of rotatable bonds is 9. The van der Waals surface area contributed by atoms with Crippen LogP contribution in [0.15, 0.2) is 97.2 Å². The Kier molecular flexibility index (Phi) is 8.99. The molecule has 0 bridgehead atoms. The Morgan fingerprint density at radius 3 is 1.93 bits per heavy atom. The zero-order valence-electron chi connectivity index (χ0n) is 23.1. The van der Waals surface area contributed by atoms with Crippen LogP contribution in [0.4, 0.5) is 0 Å². The van der Waals surface area contributed by atoms with Gasteiger partial charge in [0.2, 0.25) is 5.91 Å². The molecule has 0 radical (unpaired) electrons. The molecule has 212 valence electrons. The van der Waals surface area contributed by atoms with E-state index < -0.39 is 41.9 Å². The topological polar surface area (TPSA) is 118 Å². The molecule has 0 aromatic heterocycles. The molecule has 4 rings (SSSR count). The number of aliphatic hydroxyl groups is 1. The predicted molar refractivity (Wildman–Crippen MR) is 153 cm³/mol. The lowest BCUT2D eigenvalue weighted by Gasteiger charge is -2.47. The van der Waals surface area contributed by atoms with Crippen LogP contribution in [-0.4, -0.2) is 67.0 Å². The first-order valence-corrected chi connectivity index (χ1v) is 13.3. The van der Waals surface area contributed by atoms with Crippen molar-refractivity contribution in [3.05, 3.63) is 114 Å². The maximum atomic E-state index is 14.5. The van der Waals surface area contributed by atoms with E-state index in [-0.39, 0.29) is 18.0 Å². The largest absolute Gasteiger partial charge is 0.479 e. The number of carbonyl (C=O) groups is 4. The number of nitrogens with zero attached hydrogens (tertiary/aromatic N) is 3. The van der Waals surface area contributed by atoms with E-state index in [4.69, 9.17) is 0 Å². The zero-order valence-corrected chi connectivity index (χ0v) is 23.1. The number of benzene rings is 3. The van der Waals surface area contributed by atoms with Gasteiger partial charge in [0.1, 0.15) is 6.04 Å². The van der Waals surface area contributed by atoms with Crippen molar-refractivity contribution in [2.45, 2.75) is 45.4 Å². The van der Waals surface area contributed by atoms with Crippen molar-refractivity contribution in [3.63, 3.8) is 0 Å². The molecule has 9 heteroatoms. The third-order valence-corrected chi connectivity index (χ3v) is 6.96. The Hall–Kier alpha value is -4.76. The van der Waals surface area contributed by atoms with Gasteiger partial charge in [-0.15, -0.1) is 0 Å². The Morgan fingerprint density at radius 2 is 1.41 bits per heavy atom. The highest BCUT2D eigenvalue weighted by Crippen LogP contribution is 2.34. The number of amides is 3. The minimum Gasteiger partial charge on any atom is -0.479 e. The Bertz CT molecular complexity index is 1430. The van der Waals surface area contributed by atoms with Gasteiger partial charge < -0.3 is 10.2 Å². The second-order valence-electron chi connectivity index (χ2n) is 10.2. The average Bonchev–Trinajstić information content (AvgIpc) is 2.97. The summed E-state index contributed by atoms with van der Waals surface area (Å²) in [5, 5.41) is 22.9. The summed E-state index contributed by atoms with van der Waals surface area (Å²) in [5.74, 6) is -3.56. The SMILES string of the molecule is CC(=O)N([C@@H](Cc1ccccc1)C(O)C(=O)O)N1C(=O)[C@@H](C(C)C)N(C(=O)c2ccccc2)C=C1c1ccccc1. The van der Waals surface area contributed by atoms with Gasteiger partial charge >= 0.3 is 5.97 Å². The minimum atomic E-state index is -2.01. The highest BCUT2D eigenvalue weighted by Gasteiger charge is 2.47. The van der Waals surface area contributed by atoms with Crippen LogP contribution in [-0.2, 0) is 20.8 Å². The molecule has 1 aliphatic rings. The summed E-state index contributed by atoms with van der Waals surface area (Å²) in [5.41, 5.74) is 1.76. The van der Waals surface area contributed by atoms with E-state index in [1.54, 1.807) is 105 Å². The molecule has 9 nitrogen and oxygen atoms in total. The standard InChI is InChI=1S/C32H33N3O6/c1-21(2)28-31(39)35(34(22(3)36)26(29(37)32(40)41)19-23-13-7-4-8-14-23)27(24-15-9-5-10-16-24)20-33(28)30(38)25-17-11-6-12-18-25/h4-18,20-21,26,28-29,37H,19H2,1-3H3,(H,40,41)/t26-,28+,29?/m0/s1. The maximum Gasteiger partial charge on any atom is 0.334 e. The van der Waals surface area contributed by atoms with Gasteiger partial charge in [-0.25, -0.2) is 14.8 Å². The van der Waals surface area contributed by atoms with Crippen molar-refractivity contribution in [2.75, 3.05) is 0 Å². The van der Waals surface area contributed by atoms with E-state index >= 15 is 0 Å². The first-order valence-electron chi connectivity index (χ1n) is 13.3. The summed E-state index contributed by atoms with van der Waals surface area (Å²) in [6.07, 6.45) is -0.525. The molecule has 0 saturated heterocycles. The molecule has 0 fully saturated rings. The fraction of sp³-hybridized carbons (Fsp3) is 0.250. The highest BCUT2D eigenvalue weighted by molar-refractivity contribution is 6.03. The van der Waals surface area contributed by atoms with Gasteiger partial charge in [-0.2, -0.15) is 0 Å². The molecule has 3 aromatic carbocycles. The normalized spacial score (nSPS) is 16.7. The number of hydrogen-bond acceptors (Lipinski definition) is 5. The number of hydrazine groups is 1.